The average Bonchev–Trinajstić information content (AvgIpc) is 2.82. The van der Waals surface area contributed by atoms with E-state index in [1.165, 1.54) is 0 Å². The molecule has 0 fully saturated rings. The lowest BCUT2D eigenvalue weighted by Crippen LogP contribution is -2.03. The van der Waals surface area contributed by atoms with Gasteiger partial charge in [0.05, 0.1) is 18.1 Å². The summed E-state index contributed by atoms with van der Waals surface area (Å²) in [6.45, 7) is 0.400. The van der Waals surface area contributed by atoms with E-state index in [1.54, 1.807) is 7.11 Å². The molecular weight excluding hydrogens is 266 g/mol. The summed E-state index contributed by atoms with van der Waals surface area (Å²) in [4.78, 5) is 4.59. The van der Waals surface area contributed by atoms with Gasteiger partial charge in [-0.2, -0.15) is 0 Å². The van der Waals surface area contributed by atoms with Crippen molar-refractivity contribution in [1.82, 2.24) is 9.55 Å². The molecule has 1 aromatic heterocycles. The fourth-order valence-electron chi connectivity index (χ4n) is 2.20. The molecule has 108 valence electrons. The number of hydrogen-bond donors (Lipinski definition) is 1. The van der Waals surface area contributed by atoms with E-state index in [2.05, 4.69) is 4.98 Å². The minimum absolute atomic E-state index is 0.400. The summed E-state index contributed by atoms with van der Waals surface area (Å²) < 4.78 is 13.0. The van der Waals surface area contributed by atoms with E-state index >= 15 is 0 Å². The number of anilines is 1. The first-order chi connectivity index (χ1) is 10.2. The number of nitrogens with zero attached hydrogens (tertiary/aromatic N) is 2. The lowest BCUT2D eigenvalue weighted by Gasteiger charge is -2.06. The number of aryl methyl sites for hydroxylation is 1. The predicted molar refractivity (Wildman–Crippen MR) is 82.5 cm³/mol. The Hall–Kier alpha value is -2.69. The van der Waals surface area contributed by atoms with Crippen molar-refractivity contribution in [3.63, 3.8) is 0 Å². The number of hydrogen-bond acceptors (Lipinski definition) is 4. The Labute approximate surface area is 122 Å². The van der Waals surface area contributed by atoms with Crippen LogP contribution in [-0.4, -0.2) is 16.7 Å². The number of nitrogen functional groups attached to an aromatic ring is 1. The molecule has 0 aliphatic rings. The van der Waals surface area contributed by atoms with Gasteiger partial charge in [-0.25, -0.2) is 4.98 Å². The highest BCUT2D eigenvalue weighted by molar-refractivity contribution is 5.77. The van der Waals surface area contributed by atoms with Gasteiger partial charge in [-0.05, 0) is 36.4 Å². The molecule has 0 atom stereocenters. The number of benzene rings is 2. The number of ether oxygens (including phenoxy) is 2. The lowest BCUT2D eigenvalue weighted by atomic mass is 10.3. The molecule has 0 unspecified atom stereocenters. The second-order valence-electron chi connectivity index (χ2n) is 4.80. The zero-order valence-electron chi connectivity index (χ0n) is 12.0. The van der Waals surface area contributed by atoms with Gasteiger partial charge in [-0.3, -0.25) is 0 Å². The normalized spacial score (nSPS) is 10.8. The number of fused-ring (bicyclic) bond motifs is 1. The Bertz CT molecular complexity index is 763. The van der Waals surface area contributed by atoms with E-state index in [-0.39, 0.29) is 0 Å². The molecule has 5 heteroatoms. The topological polar surface area (TPSA) is 62.3 Å². The highest BCUT2D eigenvalue weighted by atomic mass is 16.5. The van der Waals surface area contributed by atoms with Gasteiger partial charge < -0.3 is 19.8 Å². The van der Waals surface area contributed by atoms with Crippen molar-refractivity contribution in [1.29, 1.82) is 0 Å². The third-order valence-corrected chi connectivity index (χ3v) is 3.43. The Kier molecular flexibility index (Phi) is 3.39. The highest BCUT2D eigenvalue weighted by Gasteiger charge is 2.09. The minimum Gasteiger partial charge on any atom is -0.497 e. The van der Waals surface area contributed by atoms with E-state index in [4.69, 9.17) is 15.2 Å². The monoisotopic (exact) mass is 283 g/mol. The van der Waals surface area contributed by atoms with Crippen LogP contribution in [0, 0.1) is 0 Å². The van der Waals surface area contributed by atoms with Crippen molar-refractivity contribution in [2.24, 2.45) is 7.05 Å². The van der Waals surface area contributed by atoms with Crippen LogP contribution in [0.3, 0.4) is 0 Å². The largest absolute Gasteiger partial charge is 0.497 e. The van der Waals surface area contributed by atoms with Crippen molar-refractivity contribution in [2.45, 2.75) is 6.61 Å². The van der Waals surface area contributed by atoms with Gasteiger partial charge in [0.15, 0.2) is 0 Å². The fourth-order valence-corrected chi connectivity index (χ4v) is 2.20. The fraction of sp³-hybridized carbons (Fsp3) is 0.188. The maximum absolute atomic E-state index is 5.74. The van der Waals surface area contributed by atoms with Crippen LogP contribution >= 0.6 is 0 Å². The van der Waals surface area contributed by atoms with Crippen LogP contribution in [0.2, 0.25) is 0 Å². The smallest absolute Gasteiger partial charge is 0.147 e. The summed E-state index contributed by atoms with van der Waals surface area (Å²) in [7, 11) is 3.62. The van der Waals surface area contributed by atoms with Crippen LogP contribution in [-0.2, 0) is 13.7 Å². The van der Waals surface area contributed by atoms with Crippen molar-refractivity contribution in [2.75, 3.05) is 12.8 Å². The number of imidazole rings is 1. The Morgan fingerprint density at radius 3 is 2.52 bits per heavy atom. The van der Waals surface area contributed by atoms with E-state index in [0.717, 1.165) is 34.0 Å². The molecule has 0 aliphatic carbocycles. The van der Waals surface area contributed by atoms with Crippen molar-refractivity contribution in [3.8, 4) is 11.5 Å². The molecule has 5 nitrogen and oxygen atoms in total. The molecule has 0 aliphatic heterocycles. The zero-order valence-corrected chi connectivity index (χ0v) is 12.0. The van der Waals surface area contributed by atoms with Crippen molar-refractivity contribution < 1.29 is 9.47 Å². The summed E-state index contributed by atoms with van der Waals surface area (Å²) in [6.07, 6.45) is 0. The molecule has 0 amide bonds. The van der Waals surface area contributed by atoms with Gasteiger partial charge in [0, 0.05) is 18.8 Å². The van der Waals surface area contributed by atoms with Gasteiger partial charge in [-0.15, -0.1) is 0 Å². The first-order valence-corrected chi connectivity index (χ1v) is 6.65. The number of nitrogens with two attached hydrogens (primary N) is 1. The molecule has 2 aromatic carbocycles. The van der Waals surface area contributed by atoms with E-state index in [0.29, 0.717) is 6.61 Å². The SMILES string of the molecule is COc1ccc2c(c1)nc(COc1ccc(N)cc1)n2C. The molecule has 21 heavy (non-hydrogen) atoms. The second kappa shape index (κ2) is 5.36. The zero-order chi connectivity index (χ0) is 14.8. The summed E-state index contributed by atoms with van der Waals surface area (Å²) in [6, 6.07) is 13.2. The van der Waals surface area contributed by atoms with Gasteiger partial charge in [0.2, 0.25) is 0 Å². The third kappa shape index (κ3) is 2.63. The summed E-state index contributed by atoms with van der Waals surface area (Å²) in [5.74, 6) is 2.43. The van der Waals surface area contributed by atoms with Gasteiger partial charge in [0.25, 0.3) is 0 Å². The number of methoxy groups -OCH3 is 1. The van der Waals surface area contributed by atoms with E-state index < -0.39 is 0 Å². The van der Waals surface area contributed by atoms with Crippen LogP contribution in [0.5, 0.6) is 11.5 Å². The lowest BCUT2D eigenvalue weighted by molar-refractivity contribution is 0.292. The summed E-state index contributed by atoms with van der Waals surface area (Å²) in [5.41, 5.74) is 8.32. The van der Waals surface area contributed by atoms with Crippen molar-refractivity contribution >= 4 is 16.7 Å². The minimum atomic E-state index is 0.400. The molecule has 2 N–H and O–H groups in total. The van der Waals surface area contributed by atoms with Gasteiger partial charge >= 0.3 is 0 Å². The molecule has 0 radical (unpaired) electrons. The summed E-state index contributed by atoms with van der Waals surface area (Å²) >= 11 is 0. The highest BCUT2D eigenvalue weighted by Crippen LogP contribution is 2.22. The van der Waals surface area contributed by atoms with E-state index in [1.807, 2.05) is 54.1 Å². The van der Waals surface area contributed by atoms with Crippen molar-refractivity contribution in [3.05, 3.63) is 48.3 Å². The Morgan fingerprint density at radius 2 is 1.81 bits per heavy atom. The maximum Gasteiger partial charge on any atom is 0.147 e. The Balaban J connectivity index is 1.83. The van der Waals surface area contributed by atoms with E-state index in [9.17, 15) is 0 Å². The first-order valence-electron chi connectivity index (χ1n) is 6.65. The molecule has 1 heterocycles. The van der Waals surface area contributed by atoms with Crippen LogP contribution in [0.15, 0.2) is 42.5 Å². The van der Waals surface area contributed by atoms with Crippen LogP contribution < -0.4 is 15.2 Å². The molecule has 3 aromatic rings. The molecule has 3 rings (SSSR count). The predicted octanol–water partition coefficient (Wildman–Crippen LogP) is 2.74. The molecule has 0 saturated carbocycles. The second-order valence-corrected chi connectivity index (χ2v) is 4.80. The summed E-state index contributed by atoms with van der Waals surface area (Å²) in [5, 5.41) is 0. The Morgan fingerprint density at radius 1 is 1.10 bits per heavy atom. The standard InChI is InChI=1S/C16H17N3O2/c1-19-15-8-7-13(20-2)9-14(15)18-16(19)10-21-12-5-3-11(17)4-6-12/h3-9H,10,17H2,1-2H3. The number of rotatable bonds is 4. The first kappa shape index (κ1) is 13.3. The molecule has 0 bridgehead atoms. The molecule has 0 saturated heterocycles. The van der Waals surface area contributed by atoms with Gasteiger partial charge in [-0.1, -0.05) is 0 Å². The molecule has 0 spiro atoms. The van der Waals surface area contributed by atoms with Crippen LogP contribution in [0.25, 0.3) is 11.0 Å². The maximum atomic E-state index is 5.74. The van der Waals surface area contributed by atoms with Crippen LogP contribution in [0.4, 0.5) is 5.69 Å². The number of aromatic nitrogens is 2. The average molecular weight is 283 g/mol. The van der Waals surface area contributed by atoms with Crippen LogP contribution in [0.1, 0.15) is 5.82 Å². The quantitative estimate of drug-likeness (QED) is 0.748. The molecular formula is C16H17N3O2. The van der Waals surface area contributed by atoms with Gasteiger partial charge in [0.1, 0.15) is 23.9 Å². The third-order valence-electron chi connectivity index (χ3n) is 3.43.